The molecular weight excluding hydrogens is 248 g/mol. The predicted octanol–water partition coefficient (Wildman–Crippen LogP) is 3.13. The second-order valence-corrected chi connectivity index (χ2v) is 5.22. The Morgan fingerprint density at radius 2 is 2.28 bits per heavy atom. The molecule has 1 aliphatic carbocycles. The summed E-state index contributed by atoms with van der Waals surface area (Å²) in [6.45, 7) is 4.99. The van der Waals surface area contributed by atoms with E-state index in [2.05, 4.69) is 18.9 Å². The van der Waals surface area contributed by atoms with Crippen molar-refractivity contribution in [1.29, 1.82) is 0 Å². The molecule has 0 bridgehead atoms. The minimum atomic E-state index is -0.281. The summed E-state index contributed by atoms with van der Waals surface area (Å²) in [7, 11) is 0. The zero-order chi connectivity index (χ0) is 13.1. The van der Waals surface area contributed by atoms with Crippen molar-refractivity contribution in [3.05, 3.63) is 28.1 Å². The monoisotopic (exact) mass is 268 g/mol. The Bertz CT molecular complexity index is 451. The molecule has 18 heavy (non-hydrogen) atoms. The van der Waals surface area contributed by atoms with E-state index in [9.17, 15) is 5.11 Å². The van der Waals surface area contributed by atoms with Crippen LogP contribution in [0.5, 0.6) is 0 Å². The van der Waals surface area contributed by atoms with Gasteiger partial charge in [0.25, 0.3) is 0 Å². The highest BCUT2D eigenvalue weighted by Crippen LogP contribution is 2.27. The maximum atomic E-state index is 9.67. The van der Waals surface area contributed by atoms with Crippen LogP contribution in [0.15, 0.2) is 11.6 Å². The van der Waals surface area contributed by atoms with Gasteiger partial charge in [0.2, 0.25) is 0 Å². The summed E-state index contributed by atoms with van der Waals surface area (Å²) in [5.74, 6) is 0. The summed E-state index contributed by atoms with van der Waals surface area (Å²) in [5, 5.41) is 15.0. The van der Waals surface area contributed by atoms with Crippen LogP contribution in [0.3, 0.4) is 0 Å². The number of aliphatic hydroxyl groups excluding tert-OH is 1. The number of aromatic nitrogens is 2. The van der Waals surface area contributed by atoms with Crippen LogP contribution in [0.4, 0.5) is 0 Å². The molecule has 1 N–H and O–H groups in total. The molecule has 0 fully saturated rings. The molecule has 1 unspecified atom stereocenters. The molecule has 1 heterocycles. The topological polar surface area (TPSA) is 38.0 Å². The van der Waals surface area contributed by atoms with Crippen molar-refractivity contribution >= 4 is 11.6 Å². The normalized spacial score (nSPS) is 20.0. The van der Waals surface area contributed by atoms with Gasteiger partial charge in [0, 0.05) is 13.0 Å². The molecule has 1 aromatic rings. The highest BCUT2D eigenvalue weighted by molar-refractivity contribution is 6.31. The maximum Gasteiger partial charge on any atom is 0.0853 e. The number of allylic oxidation sites excluding steroid dienone is 1. The fraction of sp³-hybridized carbons (Fsp3) is 0.643. The number of nitrogens with zero attached hydrogens (tertiary/aromatic N) is 2. The van der Waals surface area contributed by atoms with Crippen LogP contribution in [-0.2, 0) is 19.4 Å². The predicted molar refractivity (Wildman–Crippen MR) is 73.9 cm³/mol. The quantitative estimate of drug-likeness (QED) is 0.852. The third-order valence-corrected chi connectivity index (χ3v) is 3.95. The molecule has 100 valence electrons. The molecule has 0 aliphatic heterocycles. The number of aliphatic hydroxyl groups is 1. The zero-order valence-corrected chi connectivity index (χ0v) is 11.9. The first-order valence-electron chi connectivity index (χ1n) is 6.77. The van der Waals surface area contributed by atoms with Gasteiger partial charge >= 0.3 is 0 Å². The molecule has 0 saturated heterocycles. The maximum absolute atomic E-state index is 9.67. The summed E-state index contributed by atoms with van der Waals surface area (Å²) in [4.78, 5) is 0. The molecule has 3 nitrogen and oxygen atoms in total. The largest absolute Gasteiger partial charge is 0.389 e. The lowest BCUT2D eigenvalue weighted by Crippen LogP contribution is -2.12. The van der Waals surface area contributed by atoms with Crippen molar-refractivity contribution in [3.8, 4) is 0 Å². The number of hydrogen-bond acceptors (Lipinski definition) is 2. The van der Waals surface area contributed by atoms with E-state index in [4.69, 9.17) is 11.6 Å². The standard InChI is InChI=1S/C14H21ClN2O/c1-3-12-14(15)13(17(4-2)16-12)9-10-6-5-7-11(18)8-10/h8,11,18H,3-7,9H2,1-2H3. The summed E-state index contributed by atoms with van der Waals surface area (Å²) in [6.07, 6.45) is 6.38. The lowest BCUT2D eigenvalue weighted by molar-refractivity contribution is 0.201. The van der Waals surface area contributed by atoms with Gasteiger partial charge in [-0.3, -0.25) is 4.68 Å². The van der Waals surface area contributed by atoms with Crippen LogP contribution in [0.2, 0.25) is 5.02 Å². The van der Waals surface area contributed by atoms with Crippen LogP contribution in [-0.4, -0.2) is 21.0 Å². The lowest BCUT2D eigenvalue weighted by Gasteiger charge is -2.17. The molecule has 1 aliphatic rings. The Morgan fingerprint density at radius 1 is 1.50 bits per heavy atom. The first-order chi connectivity index (χ1) is 8.65. The van der Waals surface area contributed by atoms with Crippen LogP contribution < -0.4 is 0 Å². The highest BCUT2D eigenvalue weighted by atomic mass is 35.5. The summed E-state index contributed by atoms with van der Waals surface area (Å²) in [5.41, 5.74) is 3.36. The number of aryl methyl sites for hydroxylation is 2. The van der Waals surface area contributed by atoms with E-state index in [0.717, 1.165) is 55.1 Å². The van der Waals surface area contributed by atoms with Crippen LogP contribution in [0.1, 0.15) is 44.5 Å². The van der Waals surface area contributed by atoms with Crippen molar-refractivity contribution in [1.82, 2.24) is 9.78 Å². The van der Waals surface area contributed by atoms with E-state index in [1.165, 1.54) is 5.57 Å². The van der Waals surface area contributed by atoms with Crippen molar-refractivity contribution in [2.45, 2.75) is 58.6 Å². The van der Waals surface area contributed by atoms with Gasteiger partial charge in [-0.2, -0.15) is 5.10 Å². The molecule has 1 atom stereocenters. The average molecular weight is 269 g/mol. The summed E-state index contributed by atoms with van der Waals surface area (Å²) < 4.78 is 1.99. The van der Waals surface area contributed by atoms with Crippen molar-refractivity contribution in [3.63, 3.8) is 0 Å². The molecule has 0 saturated carbocycles. The highest BCUT2D eigenvalue weighted by Gasteiger charge is 2.18. The lowest BCUT2D eigenvalue weighted by atomic mass is 9.94. The van der Waals surface area contributed by atoms with Gasteiger partial charge in [0.15, 0.2) is 0 Å². The van der Waals surface area contributed by atoms with Crippen molar-refractivity contribution in [2.75, 3.05) is 0 Å². The minimum Gasteiger partial charge on any atom is -0.389 e. The first kappa shape index (κ1) is 13.6. The molecular formula is C14H21ClN2O. The van der Waals surface area contributed by atoms with Gasteiger partial charge in [-0.05, 0) is 32.6 Å². The van der Waals surface area contributed by atoms with Crippen molar-refractivity contribution in [2.24, 2.45) is 0 Å². The van der Waals surface area contributed by atoms with Gasteiger partial charge in [-0.25, -0.2) is 0 Å². The van der Waals surface area contributed by atoms with E-state index in [0.29, 0.717) is 0 Å². The summed E-state index contributed by atoms with van der Waals surface area (Å²) >= 11 is 6.39. The molecule has 0 amide bonds. The smallest absolute Gasteiger partial charge is 0.0853 e. The molecule has 1 aromatic heterocycles. The minimum absolute atomic E-state index is 0.281. The Kier molecular flexibility index (Phi) is 4.46. The van der Waals surface area contributed by atoms with Gasteiger partial charge in [-0.1, -0.05) is 30.2 Å². The zero-order valence-electron chi connectivity index (χ0n) is 11.1. The van der Waals surface area contributed by atoms with Gasteiger partial charge in [0.1, 0.15) is 0 Å². The van der Waals surface area contributed by atoms with Crippen LogP contribution in [0.25, 0.3) is 0 Å². The van der Waals surface area contributed by atoms with Gasteiger partial charge < -0.3 is 5.11 Å². The van der Waals surface area contributed by atoms with E-state index in [1.54, 1.807) is 0 Å². The molecule has 0 aromatic carbocycles. The molecule has 0 radical (unpaired) electrons. The SMILES string of the molecule is CCc1nn(CC)c(CC2=CC(O)CCC2)c1Cl. The van der Waals surface area contributed by atoms with Gasteiger partial charge in [-0.15, -0.1) is 0 Å². The number of rotatable bonds is 4. The second-order valence-electron chi connectivity index (χ2n) is 4.84. The van der Waals surface area contributed by atoms with E-state index in [-0.39, 0.29) is 6.10 Å². The van der Waals surface area contributed by atoms with Gasteiger partial charge in [0.05, 0.1) is 22.5 Å². The Labute approximate surface area is 113 Å². The third-order valence-electron chi connectivity index (χ3n) is 3.51. The Hall–Kier alpha value is -0.800. The number of halogens is 1. The Morgan fingerprint density at radius 3 is 2.89 bits per heavy atom. The first-order valence-corrected chi connectivity index (χ1v) is 7.15. The molecule has 0 spiro atoms. The fourth-order valence-electron chi connectivity index (χ4n) is 2.53. The third kappa shape index (κ3) is 2.78. The number of hydrogen-bond donors (Lipinski definition) is 1. The van der Waals surface area contributed by atoms with Crippen LogP contribution in [0, 0.1) is 0 Å². The molecule has 2 rings (SSSR count). The summed E-state index contributed by atoms with van der Waals surface area (Å²) in [6, 6.07) is 0. The average Bonchev–Trinajstić information content (AvgIpc) is 2.66. The van der Waals surface area contributed by atoms with E-state index < -0.39 is 0 Å². The fourth-order valence-corrected chi connectivity index (χ4v) is 2.86. The molecule has 4 heteroatoms. The van der Waals surface area contributed by atoms with Crippen LogP contribution >= 0.6 is 11.6 Å². The van der Waals surface area contributed by atoms with E-state index >= 15 is 0 Å². The second kappa shape index (κ2) is 5.89. The van der Waals surface area contributed by atoms with E-state index in [1.807, 2.05) is 10.8 Å². The Balaban J connectivity index is 2.25. The van der Waals surface area contributed by atoms with Crippen molar-refractivity contribution < 1.29 is 5.11 Å².